The number of carbonyl (C=O) groups excluding carboxylic acids is 1. The standard InChI is InChI=1S/C19H21FN2O6S/c20-14-3-1-13(2-4-14)12-28-16-5-7-17(8-6-16)29(26,27)22-10-9-15(23)11-18(22)19(24)21-25/h1-8,15,18,23,25H,9-12H2,(H,21,24)/t15-,18+/m0/s1. The maximum atomic E-state index is 13.0. The Morgan fingerprint density at radius 2 is 1.83 bits per heavy atom. The average molecular weight is 424 g/mol. The van der Waals surface area contributed by atoms with E-state index in [-0.39, 0.29) is 36.7 Å². The number of sulfonamides is 1. The van der Waals surface area contributed by atoms with Crippen LogP contribution in [0.2, 0.25) is 0 Å². The zero-order valence-electron chi connectivity index (χ0n) is 15.4. The third kappa shape index (κ3) is 4.91. The van der Waals surface area contributed by atoms with Crippen LogP contribution in [0.25, 0.3) is 0 Å². The van der Waals surface area contributed by atoms with Crippen LogP contribution in [0, 0.1) is 5.82 Å². The van der Waals surface area contributed by atoms with Gasteiger partial charge in [0.05, 0.1) is 11.0 Å². The molecule has 0 aliphatic carbocycles. The molecule has 156 valence electrons. The average Bonchev–Trinajstić information content (AvgIpc) is 2.72. The van der Waals surface area contributed by atoms with E-state index in [1.165, 1.54) is 41.9 Å². The number of halogens is 1. The Bertz CT molecular complexity index is 950. The van der Waals surface area contributed by atoms with E-state index in [0.29, 0.717) is 5.75 Å². The second-order valence-corrected chi connectivity index (χ2v) is 8.56. The van der Waals surface area contributed by atoms with Gasteiger partial charge in [-0.3, -0.25) is 10.0 Å². The number of hydrogen-bond acceptors (Lipinski definition) is 6. The Morgan fingerprint density at radius 3 is 2.45 bits per heavy atom. The predicted molar refractivity (Wildman–Crippen MR) is 100 cm³/mol. The third-order valence-electron chi connectivity index (χ3n) is 4.69. The van der Waals surface area contributed by atoms with Crippen molar-refractivity contribution in [2.24, 2.45) is 0 Å². The summed E-state index contributed by atoms with van der Waals surface area (Å²) in [7, 11) is -4.03. The number of benzene rings is 2. The van der Waals surface area contributed by atoms with E-state index in [4.69, 9.17) is 9.94 Å². The van der Waals surface area contributed by atoms with Crippen molar-refractivity contribution in [3.8, 4) is 5.75 Å². The van der Waals surface area contributed by atoms with Crippen molar-refractivity contribution in [1.82, 2.24) is 9.79 Å². The number of piperidine rings is 1. The molecule has 0 spiro atoms. The molecule has 29 heavy (non-hydrogen) atoms. The van der Waals surface area contributed by atoms with Crippen molar-refractivity contribution >= 4 is 15.9 Å². The molecule has 2 atom stereocenters. The summed E-state index contributed by atoms with van der Waals surface area (Å²) in [5.41, 5.74) is 2.21. The zero-order chi connectivity index (χ0) is 21.0. The first kappa shape index (κ1) is 21.2. The van der Waals surface area contributed by atoms with Crippen LogP contribution in [0.3, 0.4) is 0 Å². The van der Waals surface area contributed by atoms with Crippen LogP contribution in [-0.4, -0.2) is 47.6 Å². The van der Waals surface area contributed by atoms with Gasteiger partial charge in [-0.1, -0.05) is 12.1 Å². The number of rotatable bonds is 6. The number of carbonyl (C=O) groups is 1. The van der Waals surface area contributed by atoms with Crippen molar-refractivity contribution in [3.63, 3.8) is 0 Å². The van der Waals surface area contributed by atoms with Gasteiger partial charge in [-0.05, 0) is 54.8 Å². The lowest BCUT2D eigenvalue weighted by molar-refractivity contribution is -0.135. The molecule has 3 N–H and O–H groups in total. The summed E-state index contributed by atoms with van der Waals surface area (Å²) in [6, 6.07) is 10.3. The van der Waals surface area contributed by atoms with Crippen LogP contribution >= 0.6 is 0 Å². The highest BCUT2D eigenvalue weighted by atomic mass is 32.2. The maximum absolute atomic E-state index is 13.0. The molecule has 0 radical (unpaired) electrons. The molecule has 1 fully saturated rings. The SMILES string of the molecule is O=C(NO)[C@H]1C[C@@H](O)CCN1S(=O)(=O)c1ccc(OCc2ccc(F)cc2)cc1. The zero-order valence-corrected chi connectivity index (χ0v) is 16.2. The van der Waals surface area contributed by atoms with E-state index in [1.807, 2.05) is 0 Å². The van der Waals surface area contributed by atoms with E-state index >= 15 is 0 Å². The van der Waals surface area contributed by atoms with E-state index in [1.54, 1.807) is 12.1 Å². The molecule has 3 rings (SSSR count). The first-order valence-corrected chi connectivity index (χ1v) is 10.4. The minimum Gasteiger partial charge on any atom is -0.489 e. The van der Waals surface area contributed by atoms with Gasteiger partial charge in [-0.2, -0.15) is 4.31 Å². The number of nitrogens with one attached hydrogen (secondary N) is 1. The molecule has 0 unspecified atom stereocenters. The number of hydrogen-bond donors (Lipinski definition) is 3. The fraction of sp³-hybridized carbons (Fsp3) is 0.316. The normalized spacial score (nSPS) is 20.2. The fourth-order valence-electron chi connectivity index (χ4n) is 3.12. The molecule has 0 bridgehead atoms. The smallest absolute Gasteiger partial charge is 0.261 e. The second-order valence-electron chi connectivity index (χ2n) is 6.67. The topological polar surface area (TPSA) is 116 Å². The maximum Gasteiger partial charge on any atom is 0.261 e. The summed E-state index contributed by atoms with van der Waals surface area (Å²) < 4.78 is 45.4. The largest absolute Gasteiger partial charge is 0.489 e. The Hall–Kier alpha value is -2.53. The lowest BCUT2D eigenvalue weighted by Gasteiger charge is -2.35. The summed E-state index contributed by atoms with van der Waals surface area (Å²) >= 11 is 0. The van der Waals surface area contributed by atoms with Crippen molar-refractivity contribution in [2.75, 3.05) is 6.54 Å². The molecule has 2 aromatic carbocycles. The summed E-state index contributed by atoms with van der Waals surface area (Å²) in [4.78, 5) is 11.8. The van der Waals surface area contributed by atoms with Crippen LogP contribution in [0.1, 0.15) is 18.4 Å². The number of aliphatic hydroxyl groups is 1. The lowest BCUT2D eigenvalue weighted by Crippen LogP contribution is -2.54. The number of aliphatic hydroxyl groups excluding tert-OH is 1. The highest BCUT2D eigenvalue weighted by Gasteiger charge is 2.40. The predicted octanol–water partition coefficient (Wildman–Crippen LogP) is 1.42. The van der Waals surface area contributed by atoms with Gasteiger partial charge in [0.25, 0.3) is 5.91 Å². The minimum absolute atomic E-state index is 0.0428. The number of amides is 1. The molecule has 1 saturated heterocycles. The van der Waals surface area contributed by atoms with Crippen LogP contribution in [0.5, 0.6) is 5.75 Å². The summed E-state index contributed by atoms with van der Waals surface area (Å²) in [6.07, 6.45) is -0.747. The number of hydroxylamine groups is 1. The van der Waals surface area contributed by atoms with Crippen LogP contribution in [-0.2, 0) is 21.4 Å². The van der Waals surface area contributed by atoms with Gasteiger partial charge in [0.2, 0.25) is 10.0 Å². The van der Waals surface area contributed by atoms with Gasteiger partial charge in [-0.15, -0.1) is 0 Å². The van der Waals surface area contributed by atoms with Crippen molar-refractivity contribution in [3.05, 3.63) is 59.9 Å². The van der Waals surface area contributed by atoms with Crippen molar-refractivity contribution in [2.45, 2.75) is 36.5 Å². The highest BCUT2D eigenvalue weighted by molar-refractivity contribution is 7.89. The van der Waals surface area contributed by atoms with E-state index in [2.05, 4.69) is 0 Å². The molecule has 0 saturated carbocycles. The van der Waals surface area contributed by atoms with Gasteiger partial charge in [-0.25, -0.2) is 18.3 Å². The molecule has 2 aromatic rings. The van der Waals surface area contributed by atoms with Crippen molar-refractivity contribution in [1.29, 1.82) is 0 Å². The van der Waals surface area contributed by atoms with Crippen molar-refractivity contribution < 1.29 is 32.7 Å². The quantitative estimate of drug-likeness (QED) is 0.477. The first-order chi connectivity index (χ1) is 13.8. The van der Waals surface area contributed by atoms with Gasteiger partial charge in [0.1, 0.15) is 24.2 Å². The Labute approximate surface area is 167 Å². The molecule has 10 heteroatoms. The Morgan fingerprint density at radius 1 is 1.17 bits per heavy atom. The molecule has 0 aromatic heterocycles. The lowest BCUT2D eigenvalue weighted by atomic mass is 10.0. The van der Waals surface area contributed by atoms with Gasteiger partial charge in [0.15, 0.2) is 0 Å². The molecule has 1 heterocycles. The summed E-state index contributed by atoms with van der Waals surface area (Å²) in [6.45, 7) is 0.138. The van der Waals surface area contributed by atoms with E-state index in [0.717, 1.165) is 9.87 Å². The number of nitrogens with zero attached hydrogens (tertiary/aromatic N) is 1. The van der Waals surface area contributed by atoms with E-state index in [9.17, 15) is 22.7 Å². The molecule has 1 amide bonds. The van der Waals surface area contributed by atoms with E-state index < -0.39 is 28.1 Å². The summed E-state index contributed by atoms with van der Waals surface area (Å²) in [5, 5.41) is 18.7. The van der Waals surface area contributed by atoms with Crippen LogP contribution < -0.4 is 10.2 Å². The monoisotopic (exact) mass is 424 g/mol. The minimum atomic E-state index is -4.03. The molecule has 1 aliphatic heterocycles. The highest BCUT2D eigenvalue weighted by Crippen LogP contribution is 2.27. The van der Waals surface area contributed by atoms with Crippen LogP contribution in [0.4, 0.5) is 4.39 Å². The third-order valence-corrected chi connectivity index (χ3v) is 6.61. The van der Waals surface area contributed by atoms with Gasteiger partial charge >= 0.3 is 0 Å². The molecular weight excluding hydrogens is 403 g/mol. The Kier molecular flexibility index (Phi) is 6.48. The molecule has 1 aliphatic rings. The fourth-order valence-corrected chi connectivity index (χ4v) is 4.73. The summed E-state index contributed by atoms with van der Waals surface area (Å²) in [5.74, 6) is -0.819. The van der Waals surface area contributed by atoms with Gasteiger partial charge in [0, 0.05) is 6.54 Å². The molecular formula is C19H21FN2O6S. The first-order valence-electron chi connectivity index (χ1n) is 8.92. The Balaban J connectivity index is 1.73. The molecule has 8 nitrogen and oxygen atoms in total. The number of ether oxygens (including phenoxy) is 1. The second kappa shape index (κ2) is 8.87. The van der Waals surface area contributed by atoms with Gasteiger partial charge < -0.3 is 9.84 Å². The van der Waals surface area contributed by atoms with Crippen LogP contribution in [0.15, 0.2) is 53.4 Å².